The zero-order valence-corrected chi connectivity index (χ0v) is 29.5. The number of rotatable bonds is 12. The van der Waals surface area contributed by atoms with E-state index in [4.69, 9.17) is 28.9 Å². The van der Waals surface area contributed by atoms with E-state index >= 15 is 0 Å². The van der Waals surface area contributed by atoms with Gasteiger partial charge in [-0.15, -0.1) is 0 Å². The van der Waals surface area contributed by atoms with Crippen molar-refractivity contribution in [3.63, 3.8) is 0 Å². The molecule has 0 aliphatic heterocycles. The Labute approximate surface area is 296 Å². The number of pyridine rings is 2. The van der Waals surface area contributed by atoms with Crippen molar-refractivity contribution in [1.82, 2.24) is 20.6 Å². The lowest BCUT2D eigenvalue weighted by Gasteiger charge is -2.26. The fourth-order valence-electron chi connectivity index (χ4n) is 5.91. The highest BCUT2D eigenvalue weighted by Gasteiger charge is 2.23. The number of hydrogen-bond acceptors (Lipinski definition) is 8. The normalized spacial score (nSPS) is 11.3. The van der Waals surface area contributed by atoms with Gasteiger partial charge in [0.2, 0.25) is 0 Å². The van der Waals surface area contributed by atoms with Crippen LogP contribution in [0.1, 0.15) is 34.6 Å². The molecule has 0 atom stereocenters. The van der Waals surface area contributed by atoms with E-state index < -0.39 is 5.41 Å². The molecule has 0 bridgehead atoms. The molecule has 10 heteroatoms. The minimum absolute atomic E-state index is 0.241. The molecule has 0 fully saturated rings. The molecule has 6 aromatic rings. The van der Waals surface area contributed by atoms with Gasteiger partial charge >= 0.3 is 0 Å². The molecule has 0 aliphatic rings. The van der Waals surface area contributed by atoms with Crippen LogP contribution < -0.4 is 29.6 Å². The van der Waals surface area contributed by atoms with Crippen LogP contribution >= 0.6 is 0 Å². The van der Waals surface area contributed by atoms with Crippen molar-refractivity contribution in [1.29, 1.82) is 0 Å². The summed E-state index contributed by atoms with van der Waals surface area (Å²) < 4.78 is 21.8. The highest BCUT2D eigenvalue weighted by molar-refractivity contribution is 6.08. The van der Waals surface area contributed by atoms with Gasteiger partial charge in [-0.3, -0.25) is 9.59 Å². The molecule has 0 saturated carbocycles. The number of amides is 2. The van der Waals surface area contributed by atoms with Crippen LogP contribution in [0.2, 0.25) is 0 Å². The van der Waals surface area contributed by atoms with Crippen molar-refractivity contribution in [3.05, 3.63) is 108 Å². The molecule has 51 heavy (non-hydrogen) atoms. The molecule has 260 valence electrons. The maximum Gasteiger partial charge on any atom is 0.252 e. The van der Waals surface area contributed by atoms with Gasteiger partial charge in [0.15, 0.2) is 23.0 Å². The van der Waals surface area contributed by atoms with Crippen LogP contribution in [0.15, 0.2) is 97.1 Å². The Morgan fingerprint density at radius 3 is 1.33 bits per heavy atom. The third-order valence-electron chi connectivity index (χ3n) is 8.74. The molecule has 4 aromatic carbocycles. The van der Waals surface area contributed by atoms with Crippen molar-refractivity contribution in [2.45, 2.75) is 13.8 Å². The van der Waals surface area contributed by atoms with Crippen molar-refractivity contribution >= 4 is 33.6 Å². The highest BCUT2D eigenvalue weighted by Crippen LogP contribution is 2.35. The lowest BCUT2D eigenvalue weighted by atomic mass is 9.92. The van der Waals surface area contributed by atoms with Crippen molar-refractivity contribution in [3.8, 4) is 45.5 Å². The van der Waals surface area contributed by atoms with Gasteiger partial charge in [0.05, 0.1) is 62.0 Å². The number of carbonyl (C=O) groups is 2. The van der Waals surface area contributed by atoms with Crippen LogP contribution in [0, 0.1) is 5.41 Å². The maximum absolute atomic E-state index is 13.8. The third kappa shape index (κ3) is 7.40. The zero-order valence-electron chi connectivity index (χ0n) is 29.5. The van der Waals surface area contributed by atoms with Gasteiger partial charge in [-0.05, 0) is 66.1 Å². The van der Waals surface area contributed by atoms with E-state index in [0.717, 1.165) is 21.9 Å². The first kappa shape index (κ1) is 34.7. The first-order valence-corrected chi connectivity index (χ1v) is 16.5. The number of aromatic nitrogens is 2. The van der Waals surface area contributed by atoms with Gasteiger partial charge in [-0.2, -0.15) is 0 Å². The summed E-state index contributed by atoms with van der Waals surface area (Å²) in [5.74, 6) is 1.85. The van der Waals surface area contributed by atoms with Crippen LogP contribution in [0.3, 0.4) is 0 Å². The van der Waals surface area contributed by atoms with Crippen molar-refractivity contribution < 1.29 is 28.5 Å². The number of carbonyl (C=O) groups excluding carboxylic acids is 2. The Morgan fingerprint density at radius 2 is 0.941 bits per heavy atom. The fraction of sp³-hybridized carbons (Fsp3) is 0.220. The number of fused-ring (bicyclic) bond motifs is 2. The Bertz CT molecular complexity index is 2090. The average molecular weight is 685 g/mol. The molecule has 2 amide bonds. The predicted octanol–water partition coefficient (Wildman–Crippen LogP) is 7.34. The van der Waals surface area contributed by atoms with Crippen LogP contribution in [0.4, 0.5) is 0 Å². The summed E-state index contributed by atoms with van der Waals surface area (Å²) in [5, 5.41) is 7.67. The second-order valence-corrected chi connectivity index (χ2v) is 12.8. The van der Waals surface area contributed by atoms with Gasteiger partial charge in [-0.25, -0.2) is 9.97 Å². The Morgan fingerprint density at radius 1 is 0.549 bits per heavy atom. The molecule has 0 unspecified atom stereocenters. The first-order valence-electron chi connectivity index (χ1n) is 16.5. The minimum Gasteiger partial charge on any atom is -0.493 e. The number of nitrogens with zero attached hydrogens (tertiary/aromatic N) is 2. The molecule has 10 nitrogen and oxygen atoms in total. The van der Waals surface area contributed by atoms with E-state index in [1.807, 2.05) is 98.8 Å². The quantitative estimate of drug-likeness (QED) is 0.137. The first-order chi connectivity index (χ1) is 24.6. The average Bonchev–Trinajstić information content (AvgIpc) is 3.17. The van der Waals surface area contributed by atoms with E-state index in [0.29, 0.717) is 69.6 Å². The fourth-order valence-corrected chi connectivity index (χ4v) is 5.91. The molecule has 2 aromatic heterocycles. The summed E-state index contributed by atoms with van der Waals surface area (Å²) in [6, 6.07) is 29.7. The van der Waals surface area contributed by atoms with Gasteiger partial charge in [0, 0.05) is 35.0 Å². The van der Waals surface area contributed by atoms with Crippen LogP contribution in [0.25, 0.3) is 44.3 Å². The van der Waals surface area contributed by atoms with Crippen LogP contribution in [-0.4, -0.2) is 63.3 Å². The predicted molar refractivity (Wildman–Crippen MR) is 199 cm³/mol. The smallest absolute Gasteiger partial charge is 0.252 e. The van der Waals surface area contributed by atoms with Gasteiger partial charge in [0.25, 0.3) is 11.8 Å². The molecule has 0 radical (unpaired) electrons. The SMILES string of the molecule is COc1ccc(-c2cc(C(=O)NCC(C)(C)CNC(=O)c3cc(-c4ccc(OC)c(OC)c4)nc4ccccc34)c3ccccc3n2)cc1OC. The summed E-state index contributed by atoms with van der Waals surface area (Å²) in [6.07, 6.45) is 0. The molecule has 6 rings (SSSR count). The zero-order chi connectivity index (χ0) is 36.1. The molecule has 0 aliphatic carbocycles. The lowest BCUT2D eigenvalue weighted by molar-refractivity contribution is 0.0921. The number of benzene rings is 4. The number of nitrogens with one attached hydrogen (secondary N) is 2. The van der Waals surface area contributed by atoms with E-state index in [1.165, 1.54) is 0 Å². The van der Waals surface area contributed by atoms with Crippen molar-refractivity contribution in [2.75, 3.05) is 41.5 Å². The summed E-state index contributed by atoms with van der Waals surface area (Å²) in [7, 11) is 6.32. The third-order valence-corrected chi connectivity index (χ3v) is 8.74. The number of methoxy groups -OCH3 is 4. The van der Waals surface area contributed by atoms with Gasteiger partial charge in [0.1, 0.15) is 0 Å². The highest BCUT2D eigenvalue weighted by atomic mass is 16.5. The van der Waals surface area contributed by atoms with E-state index in [9.17, 15) is 9.59 Å². The van der Waals surface area contributed by atoms with E-state index in [1.54, 1.807) is 40.6 Å². The Balaban J connectivity index is 1.20. The maximum atomic E-state index is 13.8. The lowest BCUT2D eigenvalue weighted by Crippen LogP contribution is -2.42. The molecule has 2 N–H and O–H groups in total. The summed E-state index contributed by atoms with van der Waals surface area (Å²) >= 11 is 0. The summed E-state index contributed by atoms with van der Waals surface area (Å²) in [4.78, 5) is 37.2. The Hall–Kier alpha value is -6.16. The van der Waals surface area contributed by atoms with Crippen molar-refractivity contribution in [2.24, 2.45) is 5.41 Å². The van der Waals surface area contributed by atoms with Crippen LogP contribution in [0.5, 0.6) is 23.0 Å². The number of hydrogen-bond donors (Lipinski definition) is 2. The largest absolute Gasteiger partial charge is 0.493 e. The van der Waals surface area contributed by atoms with E-state index in [-0.39, 0.29) is 11.8 Å². The number of ether oxygens (including phenoxy) is 4. The minimum atomic E-state index is -0.491. The van der Waals surface area contributed by atoms with Gasteiger partial charge < -0.3 is 29.6 Å². The van der Waals surface area contributed by atoms with E-state index in [2.05, 4.69) is 10.6 Å². The standard InChI is InChI=1S/C41H40N4O6/c1-41(2,23-42-39(46)29-21-33(44-31-13-9-7-11-27(29)31)25-15-17-35(48-3)37(19-25)50-5)24-43-40(47)30-22-34(45-32-14-10-8-12-28(30)32)26-16-18-36(49-4)38(20-26)51-6/h7-22H,23-24H2,1-6H3,(H,42,46)(H,43,47). The van der Waals surface area contributed by atoms with Crippen LogP contribution in [-0.2, 0) is 0 Å². The number of para-hydroxylation sites is 2. The molecule has 2 heterocycles. The van der Waals surface area contributed by atoms with Gasteiger partial charge in [-0.1, -0.05) is 50.2 Å². The summed E-state index contributed by atoms with van der Waals surface area (Å²) in [5.41, 5.74) is 4.72. The molecular weight excluding hydrogens is 644 g/mol. The monoisotopic (exact) mass is 684 g/mol. The topological polar surface area (TPSA) is 121 Å². The molecule has 0 spiro atoms. The molecular formula is C41H40N4O6. The Kier molecular flexibility index (Phi) is 10.0. The second-order valence-electron chi connectivity index (χ2n) is 12.8. The molecule has 0 saturated heterocycles. The second kappa shape index (κ2) is 14.8. The summed E-state index contributed by atoms with van der Waals surface area (Å²) in [6.45, 7) is 4.60.